The Hall–Kier alpha value is -8.05. The van der Waals surface area contributed by atoms with E-state index in [2.05, 4.69) is 0 Å². The van der Waals surface area contributed by atoms with Gasteiger partial charge >= 0.3 is 0 Å². The molecule has 0 unspecified atom stereocenters. The third-order valence-electron chi connectivity index (χ3n) is 12.7. The van der Waals surface area contributed by atoms with E-state index in [4.69, 9.17) is 6.85 Å². The molecule has 0 radical (unpaired) electrons. The number of benzene rings is 9. The highest BCUT2D eigenvalue weighted by Crippen LogP contribution is 2.53. The van der Waals surface area contributed by atoms with Crippen LogP contribution in [0.15, 0.2) is 181 Å². The van der Waals surface area contributed by atoms with Gasteiger partial charge in [0.15, 0.2) is 0 Å². The highest BCUT2D eigenvalue weighted by atomic mass is 32.1. The second kappa shape index (κ2) is 14.5. The van der Waals surface area contributed by atoms with Crippen molar-refractivity contribution >= 4 is 128 Å². The van der Waals surface area contributed by atoms with Crippen molar-refractivity contribution in [3.63, 3.8) is 0 Å². The molecule has 0 saturated carbocycles. The van der Waals surface area contributed by atoms with Gasteiger partial charge in [-0.25, -0.2) is 0 Å². The van der Waals surface area contributed by atoms with Crippen LogP contribution in [0.4, 0.5) is 51.2 Å². The summed E-state index contributed by atoms with van der Waals surface area (Å²) in [6.07, 6.45) is 0. The standard InChI is InChI=1S/C63H48BN5S/c1-62(2,3)39-21-25-41(26-22-39)66(42-27-23-40(24-28-42)63(4,5)6)44-29-31-49-54(36-44)67(43-30-32-58-48(35-43)46-14-8-10-20-57(46)70-58)55-33-38(37-65)34-56-59(55)64(49)50-16-12-19-53-61(50)69(56)52-18-11-15-47-45-13-7-9-17-51(45)68(53)60(47)52/h7-36H,1-6H3/i7D,8D,9D,10D,11D,12D,13D,14D,15D,16D,17D,18D,19D,20D,21D,22D,23D,24D,25D,26D,27D,28D,29D,30D,31D,32D,33D,34D,35D,36D. The molecular formula is C63H48BN5S. The quantitative estimate of drug-likeness (QED) is 0.165. The van der Waals surface area contributed by atoms with Gasteiger partial charge in [-0.3, -0.25) is 0 Å². The second-order valence-corrected chi connectivity index (χ2v) is 20.0. The number of thiophene rings is 1. The molecule has 3 aliphatic heterocycles. The SMILES string of the molecule is [2H]c1c([2H])c2c3c(c1[2H])-n1c4c([2H])c([2H])c([2H])c([2H])c4c4c([2H])c([2H])c([2H])c(c41)N3c1c([2H])c(C#N)c([2H])c3c1B2c1c([2H])c([2H])c(N(c2c([2H])c([2H])c(C(C)(C)C)c([2H])c2[2H])c2c([2H])c([2H])c(C(C)(C)C)c([2H])c2[2H])c([2H])c1N3c1c([2H])c([2H])c2sc3c([2H])c([2H])c([2H])c([2H])c3c2c1[2H]. The highest BCUT2D eigenvalue weighted by Gasteiger charge is 2.46. The number of aromatic nitrogens is 1. The van der Waals surface area contributed by atoms with E-state index in [9.17, 15) is 39.5 Å². The predicted octanol–water partition coefficient (Wildman–Crippen LogP) is 15.5. The summed E-state index contributed by atoms with van der Waals surface area (Å²) in [6, 6.07) is -24.2. The number of rotatable bonds is 4. The van der Waals surface area contributed by atoms with Crippen molar-refractivity contribution in [1.29, 1.82) is 5.26 Å². The third kappa shape index (κ3) is 5.78. The second-order valence-electron chi connectivity index (χ2n) is 18.9. The normalized spacial score (nSPS) is 19.5. The van der Waals surface area contributed by atoms with Gasteiger partial charge in [0.1, 0.15) is 0 Å². The first-order valence-corrected chi connectivity index (χ1v) is 22.7. The smallest absolute Gasteiger partial charge is 0.252 e. The summed E-state index contributed by atoms with van der Waals surface area (Å²) in [5.41, 5.74) is -13.8. The van der Waals surface area contributed by atoms with Crippen LogP contribution in [0.1, 0.15) is 99.4 Å². The first kappa shape index (κ1) is 20.9. The molecule has 0 spiro atoms. The van der Waals surface area contributed by atoms with Crippen molar-refractivity contribution in [1.82, 2.24) is 4.57 Å². The van der Waals surface area contributed by atoms with Crippen molar-refractivity contribution in [2.45, 2.75) is 52.4 Å². The Balaban J connectivity index is 1.27. The number of fused-ring (bicyclic) bond motifs is 12. The molecule has 70 heavy (non-hydrogen) atoms. The van der Waals surface area contributed by atoms with E-state index in [1.54, 1.807) is 41.5 Å². The van der Waals surface area contributed by atoms with Gasteiger partial charge in [0.2, 0.25) is 0 Å². The minimum atomic E-state index is -2.12. The minimum absolute atomic E-state index is 0.166. The van der Waals surface area contributed by atoms with Crippen molar-refractivity contribution in [3.8, 4) is 11.8 Å². The van der Waals surface area contributed by atoms with Gasteiger partial charge in [-0.1, -0.05) is 132 Å². The topological polar surface area (TPSA) is 38.4 Å². The molecule has 334 valence electrons. The average molecular weight is 948 g/mol. The van der Waals surface area contributed by atoms with E-state index >= 15 is 0 Å². The largest absolute Gasteiger partial charge is 0.311 e. The van der Waals surface area contributed by atoms with Crippen LogP contribution in [-0.2, 0) is 10.8 Å². The Morgan fingerprint density at radius 3 is 1.84 bits per heavy atom. The monoisotopic (exact) mass is 948 g/mol. The van der Waals surface area contributed by atoms with E-state index in [0.29, 0.717) is 16.2 Å². The molecule has 14 rings (SSSR count). The average Bonchev–Trinajstić information content (AvgIpc) is 1.17. The van der Waals surface area contributed by atoms with E-state index in [-0.39, 0.29) is 31.4 Å². The summed E-state index contributed by atoms with van der Waals surface area (Å²) >= 11 is 0.619. The zero-order valence-corrected chi connectivity index (χ0v) is 38.5. The lowest BCUT2D eigenvalue weighted by molar-refractivity contribution is 0.590. The van der Waals surface area contributed by atoms with Gasteiger partial charge in [-0.2, -0.15) is 5.26 Å². The van der Waals surface area contributed by atoms with Crippen molar-refractivity contribution < 1.29 is 41.1 Å². The lowest BCUT2D eigenvalue weighted by atomic mass is 9.33. The van der Waals surface area contributed by atoms with Crippen LogP contribution in [0.25, 0.3) is 47.7 Å². The van der Waals surface area contributed by atoms with Crippen molar-refractivity contribution in [2.24, 2.45) is 0 Å². The van der Waals surface area contributed by atoms with E-state index in [1.807, 2.05) is 6.07 Å². The van der Waals surface area contributed by atoms with Gasteiger partial charge in [0.05, 0.1) is 80.9 Å². The number of nitriles is 1. The molecule has 0 amide bonds. The maximum Gasteiger partial charge on any atom is 0.252 e. The first-order chi connectivity index (χ1) is 46.5. The number of hydrogen-bond donors (Lipinski definition) is 0. The molecular weight excluding hydrogens is 870 g/mol. The van der Waals surface area contributed by atoms with Crippen LogP contribution < -0.4 is 31.1 Å². The summed E-state index contributed by atoms with van der Waals surface area (Å²) in [5.74, 6) is 0. The lowest BCUT2D eigenvalue weighted by Gasteiger charge is -2.46. The summed E-state index contributed by atoms with van der Waals surface area (Å²) in [7, 11) is 0. The Morgan fingerprint density at radius 2 is 1.13 bits per heavy atom. The number of para-hydroxylation sites is 3. The zero-order chi connectivity index (χ0) is 73.5. The summed E-state index contributed by atoms with van der Waals surface area (Å²) in [6.45, 7) is 7.43. The molecule has 5 heterocycles. The molecule has 0 atom stereocenters. The van der Waals surface area contributed by atoms with Crippen LogP contribution in [-0.4, -0.2) is 11.3 Å². The lowest BCUT2D eigenvalue weighted by Crippen LogP contribution is -2.61. The molecule has 5 nitrogen and oxygen atoms in total. The minimum Gasteiger partial charge on any atom is -0.311 e. The van der Waals surface area contributed by atoms with Crippen LogP contribution in [0.5, 0.6) is 0 Å². The fourth-order valence-corrected chi connectivity index (χ4v) is 10.4. The zero-order valence-electron chi connectivity index (χ0n) is 67.7. The van der Waals surface area contributed by atoms with Crippen LogP contribution in [0.2, 0.25) is 0 Å². The molecule has 0 bridgehead atoms. The highest BCUT2D eigenvalue weighted by molar-refractivity contribution is 7.25. The Bertz CT molecular complexity index is 5750. The maximum absolute atomic E-state index is 11.5. The van der Waals surface area contributed by atoms with Gasteiger partial charge in [0, 0.05) is 70.8 Å². The van der Waals surface area contributed by atoms with Gasteiger partial charge in [-0.05, 0) is 129 Å². The number of nitrogens with zero attached hydrogens (tertiary/aromatic N) is 5. The van der Waals surface area contributed by atoms with Crippen molar-refractivity contribution in [3.05, 3.63) is 198 Å². The molecule has 7 heteroatoms. The van der Waals surface area contributed by atoms with Crippen LogP contribution in [0.3, 0.4) is 0 Å². The Morgan fingerprint density at radius 1 is 0.514 bits per heavy atom. The molecule has 11 aromatic rings. The first-order valence-electron chi connectivity index (χ1n) is 36.9. The third-order valence-corrected chi connectivity index (χ3v) is 13.7. The van der Waals surface area contributed by atoms with E-state index < -0.39 is 299 Å². The summed E-state index contributed by atoms with van der Waals surface area (Å²) < 4.78 is 292. The van der Waals surface area contributed by atoms with Gasteiger partial charge in [-0.15, -0.1) is 11.3 Å². The van der Waals surface area contributed by atoms with E-state index in [1.165, 1.54) is 0 Å². The van der Waals surface area contributed by atoms with Crippen LogP contribution >= 0.6 is 11.3 Å². The fourth-order valence-electron chi connectivity index (χ4n) is 9.46. The molecule has 0 N–H and O–H groups in total. The predicted molar refractivity (Wildman–Crippen MR) is 298 cm³/mol. The molecule has 0 aliphatic carbocycles. The summed E-state index contributed by atoms with van der Waals surface area (Å²) in [5, 5.41) is 9.91. The van der Waals surface area contributed by atoms with Gasteiger partial charge < -0.3 is 19.3 Å². The van der Waals surface area contributed by atoms with Crippen LogP contribution in [0, 0.1) is 11.3 Å². The summed E-state index contributed by atoms with van der Waals surface area (Å²) in [4.78, 5) is 2.37. The van der Waals surface area contributed by atoms with Gasteiger partial charge in [0.25, 0.3) is 6.71 Å². The molecule has 2 aromatic heterocycles. The Labute approximate surface area is 454 Å². The number of hydrogen-bond acceptors (Lipinski definition) is 5. The molecule has 3 aliphatic rings. The Kier molecular flexibility index (Phi) is 4.33. The molecule has 9 aromatic carbocycles. The molecule has 0 fully saturated rings. The van der Waals surface area contributed by atoms with Crippen molar-refractivity contribution in [2.75, 3.05) is 14.7 Å². The molecule has 0 saturated heterocycles. The number of anilines is 9. The fraction of sp³-hybridized carbons (Fsp3) is 0.127. The maximum atomic E-state index is 11.5. The van der Waals surface area contributed by atoms with E-state index in [0.717, 1.165) is 14.4 Å².